The van der Waals surface area contributed by atoms with Crippen LogP contribution in [-0.2, 0) is 16.0 Å². The van der Waals surface area contributed by atoms with Crippen molar-refractivity contribution in [2.45, 2.75) is 12.5 Å². The quantitative estimate of drug-likeness (QED) is 0.377. The molecule has 0 bridgehead atoms. The molecule has 0 amide bonds. The number of methoxy groups -OCH3 is 3. The Bertz CT molecular complexity index is 1010. The van der Waals surface area contributed by atoms with Crippen molar-refractivity contribution >= 4 is 11.8 Å². The number of benzene rings is 3. The van der Waals surface area contributed by atoms with E-state index in [9.17, 15) is 9.59 Å². The van der Waals surface area contributed by atoms with Crippen LogP contribution in [0.1, 0.15) is 27.6 Å². The summed E-state index contributed by atoms with van der Waals surface area (Å²) in [5, 5.41) is 0. The van der Waals surface area contributed by atoms with Gasteiger partial charge in [0.2, 0.25) is 11.5 Å². The van der Waals surface area contributed by atoms with Gasteiger partial charge in [-0.3, -0.25) is 9.59 Å². The fraction of sp³-hybridized carbons (Fsp3) is 0.200. The highest BCUT2D eigenvalue weighted by atomic mass is 16.5. The van der Waals surface area contributed by atoms with E-state index in [1.807, 2.05) is 12.1 Å². The lowest BCUT2D eigenvalue weighted by atomic mass is 9.99. The van der Waals surface area contributed by atoms with Crippen LogP contribution in [0.5, 0.6) is 17.2 Å². The van der Waals surface area contributed by atoms with Gasteiger partial charge in [-0.2, -0.15) is 0 Å². The Balaban J connectivity index is 1.85. The van der Waals surface area contributed by atoms with E-state index in [1.165, 1.54) is 21.3 Å². The molecule has 0 saturated heterocycles. The van der Waals surface area contributed by atoms with Gasteiger partial charge in [0.05, 0.1) is 27.8 Å². The zero-order valence-electron chi connectivity index (χ0n) is 17.7. The number of carbonyl (C=O) groups is 2. The third-order valence-electron chi connectivity index (χ3n) is 4.72. The topological polar surface area (TPSA) is 71.1 Å². The lowest BCUT2D eigenvalue weighted by molar-refractivity contribution is -0.146. The molecule has 6 nitrogen and oxygen atoms in total. The van der Waals surface area contributed by atoms with Gasteiger partial charge >= 0.3 is 5.97 Å². The van der Waals surface area contributed by atoms with Crippen molar-refractivity contribution in [3.05, 3.63) is 89.5 Å². The van der Waals surface area contributed by atoms with Crippen LogP contribution in [0.3, 0.4) is 0 Å². The first-order chi connectivity index (χ1) is 15.1. The second kappa shape index (κ2) is 10.3. The first-order valence-corrected chi connectivity index (χ1v) is 9.70. The van der Waals surface area contributed by atoms with E-state index in [1.54, 1.807) is 60.7 Å². The van der Waals surface area contributed by atoms with Crippen molar-refractivity contribution in [1.82, 2.24) is 0 Å². The van der Waals surface area contributed by atoms with E-state index < -0.39 is 12.1 Å². The number of ketones is 1. The van der Waals surface area contributed by atoms with E-state index in [0.29, 0.717) is 33.9 Å². The maximum Gasteiger partial charge on any atom is 0.311 e. The van der Waals surface area contributed by atoms with Crippen LogP contribution in [-0.4, -0.2) is 33.1 Å². The van der Waals surface area contributed by atoms with Crippen LogP contribution in [0.15, 0.2) is 72.8 Å². The third kappa shape index (κ3) is 5.22. The number of ether oxygens (including phenoxy) is 4. The minimum absolute atomic E-state index is 0.0673. The summed E-state index contributed by atoms with van der Waals surface area (Å²) in [5.74, 6) is 0.468. The van der Waals surface area contributed by atoms with E-state index in [-0.39, 0.29) is 12.2 Å². The molecule has 0 unspecified atom stereocenters. The maximum absolute atomic E-state index is 13.1. The molecule has 0 fully saturated rings. The summed E-state index contributed by atoms with van der Waals surface area (Å²) in [5.41, 5.74) is 1.69. The molecule has 0 N–H and O–H groups in total. The average Bonchev–Trinajstić information content (AvgIpc) is 2.82. The molecule has 3 aromatic rings. The van der Waals surface area contributed by atoms with E-state index in [2.05, 4.69) is 0 Å². The summed E-state index contributed by atoms with van der Waals surface area (Å²) in [6, 6.07) is 21.1. The van der Waals surface area contributed by atoms with Gasteiger partial charge < -0.3 is 18.9 Å². The molecule has 0 aliphatic rings. The number of rotatable bonds is 9. The molecule has 0 spiro atoms. The molecule has 0 heterocycles. The summed E-state index contributed by atoms with van der Waals surface area (Å²) < 4.78 is 21.6. The molecule has 0 radical (unpaired) electrons. The second-order valence-electron chi connectivity index (χ2n) is 6.72. The smallest absolute Gasteiger partial charge is 0.311 e. The van der Waals surface area contributed by atoms with Crippen molar-refractivity contribution < 1.29 is 28.5 Å². The molecular formula is C25H24O6. The Labute approximate surface area is 181 Å². The second-order valence-corrected chi connectivity index (χ2v) is 6.72. The number of hydrogen-bond acceptors (Lipinski definition) is 6. The van der Waals surface area contributed by atoms with Crippen LogP contribution in [0, 0.1) is 0 Å². The van der Waals surface area contributed by atoms with Crippen LogP contribution < -0.4 is 14.2 Å². The molecule has 31 heavy (non-hydrogen) atoms. The molecule has 0 aliphatic carbocycles. The molecule has 0 saturated carbocycles. The average molecular weight is 420 g/mol. The lowest BCUT2D eigenvalue weighted by Crippen LogP contribution is -2.21. The van der Waals surface area contributed by atoms with Crippen LogP contribution in [0.4, 0.5) is 0 Å². The molecule has 6 heteroatoms. The number of carbonyl (C=O) groups excluding carboxylic acids is 2. The number of Topliss-reactive ketones (excluding diaryl/α,β-unsaturated/α-hetero) is 1. The van der Waals surface area contributed by atoms with Crippen molar-refractivity contribution in [3.63, 3.8) is 0 Å². The molecule has 3 aromatic carbocycles. The van der Waals surface area contributed by atoms with Crippen molar-refractivity contribution in [2.24, 2.45) is 0 Å². The Morgan fingerprint density at radius 1 is 0.774 bits per heavy atom. The first-order valence-electron chi connectivity index (χ1n) is 9.70. The van der Waals surface area contributed by atoms with Gasteiger partial charge in [0, 0.05) is 11.1 Å². The van der Waals surface area contributed by atoms with Gasteiger partial charge in [0.25, 0.3) is 0 Å². The largest absolute Gasteiger partial charge is 0.493 e. The summed E-state index contributed by atoms with van der Waals surface area (Å²) in [7, 11) is 4.51. The van der Waals surface area contributed by atoms with E-state index >= 15 is 0 Å². The molecule has 0 aromatic heterocycles. The van der Waals surface area contributed by atoms with Crippen LogP contribution in [0.2, 0.25) is 0 Å². The number of esters is 1. The highest BCUT2D eigenvalue weighted by molar-refractivity contribution is 6.01. The normalized spacial score (nSPS) is 11.3. The Hall–Kier alpha value is -3.80. The van der Waals surface area contributed by atoms with Gasteiger partial charge in [-0.05, 0) is 17.7 Å². The van der Waals surface area contributed by atoms with Crippen molar-refractivity contribution in [2.75, 3.05) is 21.3 Å². The van der Waals surface area contributed by atoms with E-state index in [4.69, 9.17) is 18.9 Å². The highest BCUT2D eigenvalue weighted by Crippen LogP contribution is 2.38. The van der Waals surface area contributed by atoms with Gasteiger partial charge in [-0.25, -0.2) is 0 Å². The standard InChI is InChI=1S/C25H24O6/c1-28-20-14-17(15-21(29-2)25(20)30-3)16-22(26)31-24(19-12-8-5-9-13-19)23(27)18-10-6-4-7-11-18/h4-15,24H,16H2,1-3H3/t24-/m1/s1. The molecular weight excluding hydrogens is 396 g/mol. The zero-order valence-corrected chi connectivity index (χ0v) is 17.7. The SMILES string of the molecule is COc1cc(CC(=O)O[C@@H](C(=O)c2ccccc2)c2ccccc2)cc(OC)c1OC. The number of hydrogen-bond donors (Lipinski definition) is 0. The molecule has 0 aliphatic heterocycles. The van der Waals surface area contributed by atoms with Crippen LogP contribution >= 0.6 is 0 Å². The third-order valence-corrected chi connectivity index (χ3v) is 4.72. The summed E-state index contributed by atoms with van der Waals surface area (Å²) >= 11 is 0. The van der Waals surface area contributed by atoms with Gasteiger partial charge in [0.15, 0.2) is 17.6 Å². The fourth-order valence-corrected chi connectivity index (χ4v) is 3.23. The maximum atomic E-state index is 13.1. The van der Waals surface area contributed by atoms with Gasteiger partial charge in [-0.1, -0.05) is 60.7 Å². The first kappa shape index (κ1) is 21.9. The zero-order chi connectivity index (χ0) is 22.2. The Morgan fingerprint density at radius 3 is 1.84 bits per heavy atom. The molecule has 1 atom stereocenters. The lowest BCUT2D eigenvalue weighted by Gasteiger charge is -2.18. The predicted molar refractivity (Wildman–Crippen MR) is 116 cm³/mol. The minimum atomic E-state index is -1.04. The van der Waals surface area contributed by atoms with Gasteiger partial charge in [-0.15, -0.1) is 0 Å². The predicted octanol–water partition coefficient (Wildman–Crippen LogP) is 4.42. The van der Waals surface area contributed by atoms with E-state index in [0.717, 1.165) is 0 Å². The molecule has 3 rings (SSSR count). The van der Waals surface area contributed by atoms with Crippen molar-refractivity contribution in [1.29, 1.82) is 0 Å². The highest BCUT2D eigenvalue weighted by Gasteiger charge is 2.26. The van der Waals surface area contributed by atoms with Gasteiger partial charge in [0.1, 0.15) is 0 Å². The fourth-order valence-electron chi connectivity index (χ4n) is 3.23. The monoisotopic (exact) mass is 420 g/mol. The summed E-state index contributed by atoms with van der Waals surface area (Å²) in [6.45, 7) is 0. The van der Waals surface area contributed by atoms with Crippen LogP contribution in [0.25, 0.3) is 0 Å². The Morgan fingerprint density at radius 2 is 1.32 bits per heavy atom. The minimum Gasteiger partial charge on any atom is -0.493 e. The van der Waals surface area contributed by atoms with Crippen molar-refractivity contribution in [3.8, 4) is 17.2 Å². The summed E-state index contributed by atoms with van der Waals surface area (Å²) in [4.78, 5) is 25.9. The molecule has 160 valence electrons. The summed E-state index contributed by atoms with van der Waals surface area (Å²) in [6.07, 6.45) is -1.11. The Kier molecular flexibility index (Phi) is 7.27.